The van der Waals surface area contributed by atoms with Gasteiger partial charge in [-0.2, -0.15) is 0 Å². The van der Waals surface area contributed by atoms with Crippen LogP contribution in [0.5, 0.6) is 11.5 Å². The largest absolute Gasteiger partial charge is 0.512 e. The van der Waals surface area contributed by atoms with E-state index in [0.29, 0.717) is 34.9 Å². The van der Waals surface area contributed by atoms with Crippen molar-refractivity contribution in [1.29, 1.82) is 5.41 Å². The zero-order chi connectivity index (χ0) is 20.4. The molecular formula is C21H23N3O4. The van der Waals surface area contributed by atoms with Crippen LogP contribution in [0, 0.1) is 12.3 Å². The third-order valence-corrected chi connectivity index (χ3v) is 4.54. The zero-order valence-corrected chi connectivity index (χ0v) is 16.4. The minimum atomic E-state index is -0.166. The summed E-state index contributed by atoms with van der Waals surface area (Å²) in [6.07, 6.45) is 1.75. The molecule has 1 aromatic carbocycles. The maximum atomic E-state index is 12.5. The van der Waals surface area contributed by atoms with Gasteiger partial charge < -0.3 is 24.9 Å². The Bertz CT molecular complexity index is 960. The van der Waals surface area contributed by atoms with Crippen molar-refractivity contribution in [3.8, 4) is 11.5 Å². The fourth-order valence-electron chi connectivity index (χ4n) is 3.21. The molecule has 3 rings (SSSR count). The number of pyridine rings is 1. The molecule has 0 unspecified atom stereocenters. The lowest BCUT2D eigenvalue weighted by molar-refractivity contribution is -0.121. The Labute approximate surface area is 163 Å². The van der Waals surface area contributed by atoms with E-state index in [-0.39, 0.29) is 24.0 Å². The summed E-state index contributed by atoms with van der Waals surface area (Å²) in [4.78, 5) is 18.4. The zero-order valence-electron chi connectivity index (χ0n) is 16.4. The Morgan fingerprint density at radius 1 is 1.36 bits per heavy atom. The SMILES string of the molecule is COc1cc2c(cc1/C(C(C)=N)=C(\C)O)OCC(=O)N2Cc1ccc(C)nc1. The quantitative estimate of drug-likeness (QED) is 0.609. The molecule has 146 valence electrons. The number of amides is 1. The molecule has 0 spiro atoms. The van der Waals surface area contributed by atoms with Crippen molar-refractivity contribution in [3.05, 3.63) is 53.0 Å². The van der Waals surface area contributed by atoms with Gasteiger partial charge in [-0.1, -0.05) is 6.07 Å². The minimum absolute atomic E-state index is 0.0141. The van der Waals surface area contributed by atoms with Gasteiger partial charge in [0.25, 0.3) is 5.91 Å². The summed E-state index contributed by atoms with van der Waals surface area (Å²) in [6, 6.07) is 7.24. The topological polar surface area (TPSA) is 95.7 Å². The molecule has 1 aliphatic heterocycles. The first-order valence-corrected chi connectivity index (χ1v) is 8.84. The van der Waals surface area contributed by atoms with E-state index in [1.165, 1.54) is 14.0 Å². The van der Waals surface area contributed by atoms with Crippen LogP contribution in [0.2, 0.25) is 0 Å². The second-order valence-corrected chi connectivity index (χ2v) is 6.68. The fourth-order valence-corrected chi connectivity index (χ4v) is 3.21. The Hall–Kier alpha value is -3.35. The number of aliphatic hydroxyl groups is 1. The molecule has 0 saturated carbocycles. The maximum absolute atomic E-state index is 12.5. The molecule has 0 radical (unpaired) electrons. The van der Waals surface area contributed by atoms with Gasteiger partial charge in [0.15, 0.2) is 6.61 Å². The third-order valence-electron chi connectivity index (χ3n) is 4.54. The second-order valence-electron chi connectivity index (χ2n) is 6.68. The van der Waals surface area contributed by atoms with Crippen molar-refractivity contribution >= 4 is 22.9 Å². The molecule has 2 N–H and O–H groups in total. The molecule has 7 nitrogen and oxygen atoms in total. The van der Waals surface area contributed by atoms with Crippen molar-refractivity contribution < 1.29 is 19.4 Å². The van der Waals surface area contributed by atoms with Crippen molar-refractivity contribution in [2.45, 2.75) is 27.3 Å². The number of anilines is 1. The molecule has 28 heavy (non-hydrogen) atoms. The number of rotatable bonds is 5. The first-order valence-electron chi connectivity index (χ1n) is 8.84. The molecule has 1 amide bonds. The number of nitrogens with zero attached hydrogens (tertiary/aromatic N) is 2. The molecule has 1 aromatic heterocycles. The molecule has 0 aliphatic carbocycles. The van der Waals surface area contributed by atoms with Crippen LogP contribution in [-0.4, -0.2) is 35.4 Å². The molecule has 7 heteroatoms. The van der Waals surface area contributed by atoms with Gasteiger partial charge in [0, 0.05) is 34.8 Å². The van der Waals surface area contributed by atoms with Crippen LogP contribution in [-0.2, 0) is 11.3 Å². The van der Waals surface area contributed by atoms with E-state index in [1.54, 1.807) is 30.2 Å². The minimum Gasteiger partial charge on any atom is -0.512 e. The van der Waals surface area contributed by atoms with E-state index < -0.39 is 0 Å². The molecule has 0 fully saturated rings. The number of ether oxygens (including phenoxy) is 2. The Balaban J connectivity index is 2.08. The first-order chi connectivity index (χ1) is 13.3. The number of hydrogen-bond acceptors (Lipinski definition) is 6. The summed E-state index contributed by atoms with van der Waals surface area (Å²) in [5.74, 6) is 0.787. The molecule has 2 heterocycles. The number of aliphatic hydroxyl groups excluding tert-OH is 1. The van der Waals surface area contributed by atoms with Gasteiger partial charge in [0.1, 0.15) is 11.5 Å². The van der Waals surface area contributed by atoms with E-state index in [0.717, 1.165) is 11.3 Å². The molecule has 1 aliphatic rings. The van der Waals surface area contributed by atoms with Gasteiger partial charge in [-0.05, 0) is 38.5 Å². The van der Waals surface area contributed by atoms with Gasteiger partial charge in [0.2, 0.25) is 0 Å². The average molecular weight is 381 g/mol. The second kappa shape index (κ2) is 7.72. The van der Waals surface area contributed by atoms with Crippen LogP contribution < -0.4 is 14.4 Å². The Kier molecular flexibility index (Phi) is 5.35. The summed E-state index contributed by atoms with van der Waals surface area (Å²) in [5, 5.41) is 18.0. The highest BCUT2D eigenvalue weighted by molar-refractivity contribution is 6.22. The number of nitrogens with one attached hydrogen (secondary N) is 1. The number of carbonyl (C=O) groups excluding carboxylic acids is 1. The fraction of sp³-hybridized carbons (Fsp3) is 0.286. The normalized spacial score (nSPS) is 14.1. The number of aromatic nitrogens is 1. The van der Waals surface area contributed by atoms with Gasteiger partial charge in [-0.3, -0.25) is 9.78 Å². The summed E-state index contributed by atoms with van der Waals surface area (Å²) in [7, 11) is 1.51. The number of benzene rings is 1. The number of methoxy groups -OCH3 is 1. The van der Waals surface area contributed by atoms with Crippen LogP contribution in [0.15, 0.2) is 36.2 Å². The third kappa shape index (κ3) is 3.69. The molecule has 0 bridgehead atoms. The van der Waals surface area contributed by atoms with Gasteiger partial charge in [0.05, 0.1) is 25.1 Å². The van der Waals surface area contributed by atoms with Crippen LogP contribution in [0.3, 0.4) is 0 Å². The number of aryl methyl sites for hydroxylation is 1. The van der Waals surface area contributed by atoms with Gasteiger partial charge in [-0.25, -0.2) is 0 Å². The molecular weight excluding hydrogens is 358 g/mol. The summed E-state index contributed by atoms with van der Waals surface area (Å²) in [6.45, 7) is 5.29. The maximum Gasteiger partial charge on any atom is 0.265 e. The molecule has 2 aromatic rings. The van der Waals surface area contributed by atoms with E-state index in [9.17, 15) is 9.90 Å². The highest BCUT2D eigenvalue weighted by Crippen LogP contribution is 2.41. The number of carbonyl (C=O) groups is 1. The summed E-state index contributed by atoms with van der Waals surface area (Å²) in [5.41, 5.74) is 3.50. The van der Waals surface area contributed by atoms with Crippen molar-refractivity contribution in [1.82, 2.24) is 4.98 Å². The lowest BCUT2D eigenvalue weighted by Crippen LogP contribution is -2.38. The monoisotopic (exact) mass is 381 g/mol. The number of allylic oxidation sites excluding steroid dienone is 2. The van der Waals surface area contributed by atoms with Crippen molar-refractivity contribution in [2.75, 3.05) is 18.6 Å². The van der Waals surface area contributed by atoms with E-state index in [1.807, 2.05) is 19.1 Å². The number of fused-ring (bicyclic) bond motifs is 1. The van der Waals surface area contributed by atoms with Crippen LogP contribution in [0.4, 0.5) is 5.69 Å². The summed E-state index contributed by atoms with van der Waals surface area (Å²) >= 11 is 0. The predicted octanol–water partition coefficient (Wildman–Crippen LogP) is 3.65. The molecule has 0 saturated heterocycles. The van der Waals surface area contributed by atoms with Gasteiger partial charge >= 0.3 is 0 Å². The van der Waals surface area contributed by atoms with E-state index in [2.05, 4.69) is 4.98 Å². The lowest BCUT2D eigenvalue weighted by Gasteiger charge is -2.30. The van der Waals surface area contributed by atoms with Crippen LogP contribution >= 0.6 is 0 Å². The Morgan fingerprint density at radius 3 is 2.68 bits per heavy atom. The van der Waals surface area contributed by atoms with Crippen molar-refractivity contribution in [2.24, 2.45) is 0 Å². The van der Waals surface area contributed by atoms with Crippen LogP contribution in [0.1, 0.15) is 30.7 Å². The predicted molar refractivity (Wildman–Crippen MR) is 107 cm³/mol. The van der Waals surface area contributed by atoms with Crippen molar-refractivity contribution in [3.63, 3.8) is 0 Å². The standard InChI is InChI=1S/C21H23N3O4/c1-12-5-6-15(9-23-12)10-24-17-8-18(27-4)16(21(13(2)22)14(3)25)7-19(17)28-11-20(24)26/h5-9,22,25H,10-11H2,1-4H3/b21-14+,22-13?. The van der Waals surface area contributed by atoms with E-state index in [4.69, 9.17) is 14.9 Å². The lowest BCUT2D eigenvalue weighted by atomic mass is 9.98. The van der Waals surface area contributed by atoms with E-state index >= 15 is 0 Å². The molecule has 0 atom stereocenters. The van der Waals surface area contributed by atoms with Crippen LogP contribution in [0.25, 0.3) is 5.57 Å². The Morgan fingerprint density at radius 2 is 2.11 bits per heavy atom. The summed E-state index contributed by atoms with van der Waals surface area (Å²) < 4.78 is 11.1. The smallest absolute Gasteiger partial charge is 0.265 e. The van der Waals surface area contributed by atoms with Gasteiger partial charge in [-0.15, -0.1) is 0 Å². The average Bonchev–Trinajstić information content (AvgIpc) is 2.64. The highest BCUT2D eigenvalue weighted by atomic mass is 16.5. The number of hydrogen-bond donors (Lipinski definition) is 2. The first kappa shape index (κ1) is 19.4. The highest BCUT2D eigenvalue weighted by Gasteiger charge is 2.29.